The lowest BCUT2D eigenvalue weighted by Crippen LogP contribution is -2.59. The lowest BCUT2D eigenvalue weighted by atomic mass is 9.32. The first-order valence-electron chi connectivity index (χ1n) is 9.96. The van der Waals surface area contributed by atoms with E-state index in [-0.39, 0.29) is 0 Å². The molecular formula is C25H26BBr. The predicted molar refractivity (Wildman–Crippen MR) is 123 cm³/mol. The molecule has 0 saturated carbocycles. The fourth-order valence-electron chi connectivity index (χ4n) is 4.59. The van der Waals surface area contributed by atoms with Crippen LogP contribution < -0.4 is 16.4 Å². The van der Waals surface area contributed by atoms with Gasteiger partial charge in [-0.15, -0.1) is 0 Å². The largest absolute Gasteiger partial charge is 0.242 e. The van der Waals surface area contributed by atoms with E-state index in [4.69, 9.17) is 0 Å². The molecule has 136 valence electrons. The van der Waals surface area contributed by atoms with Crippen LogP contribution >= 0.6 is 15.9 Å². The maximum Gasteiger partial charge on any atom is 0.242 e. The van der Waals surface area contributed by atoms with Crippen molar-refractivity contribution in [1.29, 1.82) is 0 Å². The Kier molecular flexibility index (Phi) is 5.03. The van der Waals surface area contributed by atoms with Crippen LogP contribution in [0, 0.1) is 0 Å². The van der Waals surface area contributed by atoms with Crippen LogP contribution in [0.25, 0.3) is 0 Å². The Hall–Kier alpha value is -1.80. The van der Waals surface area contributed by atoms with Gasteiger partial charge in [-0.25, -0.2) is 0 Å². The molecule has 0 unspecified atom stereocenters. The Labute approximate surface area is 172 Å². The lowest BCUT2D eigenvalue weighted by Gasteiger charge is -2.31. The number of halogens is 1. The van der Waals surface area contributed by atoms with Gasteiger partial charge in [0.25, 0.3) is 0 Å². The van der Waals surface area contributed by atoms with Gasteiger partial charge in [0, 0.05) is 4.47 Å². The first-order valence-corrected chi connectivity index (χ1v) is 10.8. The normalized spacial score (nSPS) is 13.1. The summed E-state index contributed by atoms with van der Waals surface area (Å²) in [5, 5.41) is 0. The number of hydrogen-bond donors (Lipinski definition) is 0. The van der Waals surface area contributed by atoms with E-state index in [2.05, 4.69) is 104 Å². The van der Waals surface area contributed by atoms with Gasteiger partial charge in [0.15, 0.2) is 0 Å². The second-order valence-corrected chi connectivity index (χ2v) is 9.23. The molecule has 0 aliphatic carbocycles. The highest BCUT2D eigenvalue weighted by atomic mass is 79.9. The average Bonchev–Trinajstić information content (AvgIpc) is 2.65. The summed E-state index contributed by atoms with van der Waals surface area (Å²) < 4.78 is 1.19. The molecule has 0 bridgehead atoms. The van der Waals surface area contributed by atoms with E-state index in [1.807, 2.05) is 0 Å². The van der Waals surface area contributed by atoms with E-state index >= 15 is 0 Å². The first-order chi connectivity index (χ1) is 13.0. The number of rotatable bonds is 3. The summed E-state index contributed by atoms with van der Waals surface area (Å²) in [6.07, 6.45) is 1.04. The molecule has 0 atom stereocenters. The highest BCUT2D eigenvalue weighted by Gasteiger charge is 2.34. The molecule has 0 fully saturated rings. The van der Waals surface area contributed by atoms with Crippen molar-refractivity contribution >= 4 is 39.0 Å². The Morgan fingerprint density at radius 2 is 1.19 bits per heavy atom. The van der Waals surface area contributed by atoms with E-state index in [1.54, 1.807) is 0 Å². The van der Waals surface area contributed by atoms with E-state index < -0.39 is 0 Å². The quantitative estimate of drug-likeness (QED) is 0.406. The highest BCUT2D eigenvalue weighted by molar-refractivity contribution is 9.10. The molecule has 1 aliphatic heterocycles. The molecule has 3 aromatic rings. The Morgan fingerprint density at radius 1 is 0.741 bits per heavy atom. The topological polar surface area (TPSA) is 0 Å². The minimum Gasteiger partial charge on any atom is -0.0667 e. The van der Waals surface area contributed by atoms with Gasteiger partial charge < -0.3 is 0 Å². The van der Waals surface area contributed by atoms with E-state index in [0.717, 1.165) is 6.42 Å². The molecule has 0 amide bonds. The minimum absolute atomic E-state index is 0.314. The summed E-state index contributed by atoms with van der Waals surface area (Å²) in [7, 11) is 0. The standard InChI is InChI=1S/C25H26BBr/c1-16(2)21-14-20(27)15-22(17(3)4)25(21)26-23-11-7-5-9-18(23)13-19-10-6-8-12-24(19)26/h5-12,14-17H,13H2,1-4H3. The third kappa shape index (κ3) is 3.29. The number of benzene rings is 3. The fraction of sp³-hybridized carbons (Fsp3) is 0.280. The second kappa shape index (κ2) is 7.32. The maximum absolute atomic E-state index is 3.77. The predicted octanol–water partition coefficient (Wildman–Crippen LogP) is 5.12. The molecule has 27 heavy (non-hydrogen) atoms. The van der Waals surface area contributed by atoms with Crippen LogP contribution in [0.5, 0.6) is 0 Å². The average molecular weight is 417 g/mol. The molecule has 0 N–H and O–H groups in total. The van der Waals surface area contributed by atoms with Gasteiger partial charge in [0.2, 0.25) is 6.71 Å². The monoisotopic (exact) mass is 416 g/mol. The van der Waals surface area contributed by atoms with E-state index in [0.29, 0.717) is 18.5 Å². The molecule has 0 radical (unpaired) electrons. The van der Waals surface area contributed by atoms with Crippen molar-refractivity contribution in [2.75, 3.05) is 0 Å². The van der Waals surface area contributed by atoms with Crippen LogP contribution in [0.4, 0.5) is 0 Å². The van der Waals surface area contributed by atoms with Gasteiger partial charge in [-0.3, -0.25) is 0 Å². The molecule has 1 aliphatic rings. The van der Waals surface area contributed by atoms with Gasteiger partial charge in [0.1, 0.15) is 0 Å². The fourth-order valence-corrected chi connectivity index (χ4v) is 5.08. The van der Waals surface area contributed by atoms with Crippen LogP contribution in [0.1, 0.15) is 61.8 Å². The lowest BCUT2D eigenvalue weighted by molar-refractivity contribution is 0.843. The molecule has 2 heteroatoms. The zero-order chi connectivity index (χ0) is 19.1. The van der Waals surface area contributed by atoms with Crippen molar-refractivity contribution in [2.45, 2.75) is 46.0 Å². The van der Waals surface area contributed by atoms with Gasteiger partial charge >= 0.3 is 0 Å². The molecular weight excluding hydrogens is 391 g/mol. The molecule has 0 nitrogen and oxygen atoms in total. The Bertz CT molecular complexity index is 913. The van der Waals surface area contributed by atoms with Crippen molar-refractivity contribution in [2.24, 2.45) is 0 Å². The molecule has 1 heterocycles. The Balaban J connectivity index is 2.07. The molecule has 0 aromatic heterocycles. The minimum atomic E-state index is 0.314. The zero-order valence-electron chi connectivity index (χ0n) is 16.6. The van der Waals surface area contributed by atoms with Crippen LogP contribution in [0.3, 0.4) is 0 Å². The van der Waals surface area contributed by atoms with E-state index in [9.17, 15) is 0 Å². The number of fused-ring (bicyclic) bond motifs is 2. The highest BCUT2D eigenvalue weighted by Crippen LogP contribution is 2.26. The van der Waals surface area contributed by atoms with Crippen LogP contribution in [-0.2, 0) is 6.42 Å². The van der Waals surface area contributed by atoms with Crippen LogP contribution in [0.15, 0.2) is 65.1 Å². The van der Waals surface area contributed by atoms with Crippen molar-refractivity contribution in [3.8, 4) is 0 Å². The summed E-state index contributed by atoms with van der Waals surface area (Å²) in [6, 6.07) is 22.7. The van der Waals surface area contributed by atoms with Crippen molar-refractivity contribution in [3.05, 3.63) is 87.4 Å². The molecule has 4 rings (SSSR count). The van der Waals surface area contributed by atoms with E-state index in [1.165, 1.54) is 43.1 Å². The second-order valence-electron chi connectivity index (χ2n) is 8.31. The van der Waals surface area contributed by atoms with Crippen molar-refractivity contribution in [1.82, 2.24) is 0 Å². The van der Waals surface area contributed by atoms with Gasteiger partial charge in [-0.05, 0) is 52.6 Å². The van der Waals surface area contributed by atoms with Gasteiger partial charge in [-0.1, -0.05) is 109 Å². The first kappa shape index (κ1) is 18.6. The third-order valence-corrected chi connectivity index (χ3v) is 6.31. The van der Waals surface area contributed by atoms with Crippen molar-refractivity contribution in [3.63, 3.8) is 0 Å². The van der Waals surface area contributed by atoms with Crippen LogP contribution in [0.2, 0.25) is 0 Å². The summed E-state index contributed by atoms with van der Waals surface area (Å²) in [6.45, 7) is 9.58. The molecule has 0 saturated heterocycles. The smallest absolute Gasteiger partial charge is 0.0667 e. The van der Waals surface area contributed by atoms with Gasteiger partial charge in [0.05, 0.1) is 0 Å². The maximum atomic E-state index is 3.77. The third-order valence-electron chi connectivity index (χ3n) is 5.85. The SMILES string of the molecule is CC(C)c1cc(Br)cc(C(C)C)c1B1c2ccccc2Cc2ccccc21. The Morgan fingerprint density at radius 3 is 1.63 bits per heavy atom. The number of hydrogen-bond acceptors (Lipinski definition) is 0. The summed E-state index contributed by atoms with van der Waals surface area (Å²) in [4.78, 5) is 0. The van der Waals surface area contributed by atoms with Crippen LogP contribution in [-0.4, -0.2) is 6.71 Å². The molecule has 0 spiro atoms. The summed E-state index contributed by atoms with van der Waals surface area (Å²) >= 11 is 3.77. The summed E-state index contributed by atoms with van der Waals surface area (Å²) in [5.74, 6) is 0.965. The molecule has 3 aromatic carbocycles. The summed E-state index contributed by atoms with van der Waals surface area (Å²) in [5.41, 5.74) is 10.3. The van der Waals surface area contributed by atoms with Gasteiger partial charge in [-0.2, -0.15) is 0 Å². The van der Waals surface area contributed by atoms with Crippen molar-refractivity contribution < 1.29 is 0 Å². The zero-order valence-corrected chi connectivity index (χ0v) is 18.2.